The second-order valence-corrected chi connectivity index (χ2v) is 9.78. The molecule has 0 bridgehead atoms. The van der Waals surface area contributed by atoms with E-state index in [1.165, 1.54) is 18.2 Å². The molecule has 5 rings (SSSR count). The van der Waals surface area contributed by atoms with E-state index in [-0.39, 0.29) is 39.0 Å². The Kier molecular flexibility index (Phi) is 10.5. The summed E-state index contributed by atoms with van der Waals surface area (Å²) in [4.78, 5) is 24.1. The van der Waals surface area contributed by atoms with E-state index in [9.17, 15) is 14.7 Å². The van der Waals surface area contributed by atoms with Gasteiger partial charge in [-0.25, -0.2) is 9.59 Å². The first-order valence-electron chi connectivity index (χ1n) is 14.0. The third-order valence-corrected chi connectivity index (χ3v) is 7.08. The summed E-state index contributed by atoms with van der Waals surface area (Å²) in [5.74, 6) is 0.327. The first-order valence-corrected chi connectivity index (χ1v) is 14.0. The largest absolute Gasteiger partial charge is 0.491 e. The van der Waals surface area contributed by atoms with Gasteiger partial charge in [0.2, 0.25) is 6.29 Å². The molecule has 2 N–H and O–H groups in total. The lowest BCUT2D eigenvalue weighted by Crippen LogP contribution is -2.38. The van der Waals surface area contributed by atoms with Gasteiger partial charge < -0.3 is 38.8 Å². The van der Waals surface area contributed by atoms with Crippen LogP contribution in [0.1, 0.15) is 22.6 Å². The fourth-order valence-electron chi connectivity index (χ4n) is 4.99. The first kappa shape index (κ1) is 30.3. The predicted octanol–water partition coefficient (Wildman–Crippen LogP) is 4.00. The minimum Gasteiger partial charge on any atom is -0.491 e. The number of hydrogen-bond donors (Lipinski definition) is 2. The molecule has 2 atom stereocenters. The van der Waals surface area contributed by atoms with Gasteiger partial charge in [-0.2, -0.15) is 0 Å². The molecule has 1 heterocycles. The van der Waals surface area contributed by atoms with Crippen LogP contribution in [0.15, 0.2) is 66.7 Å². The molecule has 0 saturated carbocycles. The highest BCUT2D eigenvalue weighted by Crippen LogP contribution is 2.44. The Hall–Kier alpha value is -4.12. The molecule has 1 aliphatic heterocycles. The number of benzene rings is 3. The normalized spacial score (nSPS) is 17.4. The standard InChI is InChI=1S/C33H34NO9/c1-38-32(36)29-11-6-12-31(42-29)43-30-19-23(14-13-22(30)20-35)40-18-17-39-16-15-34-33(37)41-21-28-26-9-4-2-7-24(26)25-8-3-5-10-27(25)28/h2-14,19,28-29,31,35H,15-18,20-21H2,1H3,(H,34,37)/t29-,31-/m0/s1. The number of carbonyl (C=O) groups excluding carboxylic acids is 2. The molecule has 1 amide bonds. The predicted molar refractivity (Wildman–Crippen MR) is 156 cm³/mol. The van der Waals surface area contributed by atoms with Gasteiger partial charge in [-0.05, 0) is 40.8 Å². The van der Waals surface area contributed by atoms with E-state index in [2.05, 4.69) is 29.6 Å². The third kappa shape index (κ3) is 7.64. The number of aliphatic hydroxyl groups excluding tert-OH is 1. The van der Waals surface area contributed by atoms with Gasteiger partial charge in [0.15, 0.2) is 6.10 Å². The molecule has 2 aliphatic rings. The molecule has 10 nitrogen and oxygen atoms in total. The van der Waals surface area contributed by atoms with Crippen molar-refractivity contribution in [2.75, 3.05) is 40.1 Å². The van der Waals surface area contributed by atoms with E-state index < -0.39 is 24.5 Å². The van der Waals surface area contributed by atoms with Crippen LogP contribution in [0, 0.1) is 19.3 Å². The Morgan fingerprint density at radius 1 is 0.930 bits per heavy atom. The van der Waals surface area contributed by atoms with E-state index in [1.807, 2.05) is 24.3 Å². The van der Waals surface area contributed by atoms with Crippen molar-refractivity contribution in [2.45, 2.75) is 24.9 Å². The monoisotopic (exact) mass is 588 g/mol. The molecule has 43 heavy (non-hydrogen) atoms. The molecule has 3 radical (unpaired) electrons. The maximum atomic E-state index is 12.3. The van der Waals surface area contributed by atoms with Crippen LogP contribution in [-0.4, -0.2) is 69.6 Å². The van der Waals surface area contributed by atoms with Crippen molar-refractivity contribution in [3.05, 3.63) is 103 Å². The Labute approximate surface area is 250 Å². The van der Waals surface area contributed by atoms with E-state index in [0.29, 0.717) is 23.6 Å². The number of hydrogen-bond acceptors (Lipinski definition) is 9. The van der Waals surface area contributed by atoms with Crippen molar-refractivity contribution in [1.29, 1.82) is 0 Å². The molecule has 0 spiro atoms. The van der Waals surface area contributed by atoms with E-state index in [4.69, 9.17) is 28.4 Å². The number of methoxy groups -OCH3 is 1. The zero-order valence-corrected chi connectivity index (χ0v) is 23.8. The van der Waals surface area contributed by atoms with Gasteiger partial charge in [0.05, 0.1) is 26.9 Å². The molecule has 225 valence electrons. The van der Waals surface area contributed by atoms with Crippen molar-refractivity contribution in [2.24, 2.45) is 0 Å². The summed E-state index contributed by atoms with van der Waals surface area (Å²) in [7, 11) is 1.28. The molecule has 3 aromatic carbocycles. The summed E-state index contributed by atoms with van der Waals surface area (Å²) in [6.07, 6.45) is 2.64. The van der Waals surface area contributed by atoms with Gasteiger partial charge in [-0.3, -0.25) is 0 Å². The third-order valence-electron chi connectivity index (χ3n) is 7.08. The van der Waals surface area contributed by atoms with Gasteiger partial charge in [-0.1, -0.05) is 48.5 Å². The summed E-state index contributed by atoms with van der Waals surface area (Å²) < 4.78 is 33.0. The van der Waals surface area contributed by atoms with Gasteiger partial charge in [0, 0.05) is 36.9 Å². The number of nitrogens with one attached hydrogen (secondary N) is 1. The topological polar surface area (TPSA) is 122 Å². The molecule has 1 aliphatic carbocycles. The molecular formula is C33H34NO9. The zero-order valence-electron chi connectivity index (χ0n) is 23.8. The lowest BCUT2D eigenvalue weighted by Gasteiger charge is -2.28. The highest BCUT2D eigenvalue weighted by molar-refractivity contribution is 5.79. The van der Waals surface area contributed by atoms with Gasteiger partial charge in [-0.15, -0.1) is 0 Å². The molecule has 1 saturated heterocycles. The van der Waals surface area contributed by atoms with Crippen LogP contribution in [0.3, 0.4) is 0 Å². The minimum absolute atomic E-state index is 0.00541. The van der Waals surface area contributed by atoms with Crippen LogP contribution < -0.4 is 14.8 Å². The fourth-order valence-corrected chi connectivity index (χ4v) is 4.99. The lowest BCUT2D eigenvalue weighted by molar-refractivity contribution is -0.165. The highest BCUT2D eigenvalue weighted by atomic mass is 16.7. The Balaban J connectivity index is 0.998. The number of aliphatic hydroxyl groups is 1. The number of amides is 1. The number of rotatable bonds is 13. The van der Waals surface area contributed by atoms with Gasteiger partial charge >= 0.3 is 12.1 Å². The number of esters is 1. The maximum absolute atomic E-state index is 12.3. The van der Waals surface area contributed by atoms with Crippen molar-refractivity contribution >= 4 is 12.1 Å². The molecular weight excluding hydrogens is 554 g/mol. The molecule has 1 fully saturated rings. The minimum atomic E-state index is -0.882. The van der Waals surface area contributed by atoms with Crippen molar-refractivity contribution < 1.29 is 43.1 Å². The molecule has 0 aromatic heterocycles. The van der Waals surface area contributed by atoms with Crippen LogP contribution in [0.5, 0.6) is 11.5 Å². The van der Waals surface area contributed by atoms with Gasteiger partial charge in [0.1, 0.15) is 24.7 Å². The Morgan fingerprint density at radius 2 is 1.67 bits per heavy atom. The number of fused-ring (bicyclic) bond motifs is 3. The maximum Gasteiger partial charge on any atom is 0.407 e. The number of ether oxygens (including phenoxy) is 6. The summed E-state index contributed by atoms with van der Waals surface area (Å²) in [6, 6.07) is 21.4. The number of carbonyl (C=O) groups is 2. The van der Waals surface area contributed by atoms with E-state index in [1.54, 1.807) is 37.5 Å². The van der Waals surface area contributed by atoms with Crippen LogP contribution in [0.2, 0.25) is 0 Å². The smallest absolute Gasteiger partial charge is 0.407 e. The molecule has 0 unspecified atom stereocenters. The van der Waals surface area contributed by atoms with Crippen molar-refractivity contribution in [3.63, 3.8) is 0 Å². The quantitative estimate of drug-likeness (QED) is 0.225. The Morgan fingerprint density at radius 3 is 2.40 bits per heavy atom. The molecule has 10 heteroatoms. The van der Waals surface area contributed by atoms with Crippen LogP contribution in [0.25, 0.3) is 11.1 Å². The van der Waals surface area contributed by atoms with Crippen molar-refractivity contribution in [1.82, 2.24) is 5.32 Å². The zero-order chi connectivity index (χ0) is 30.0. The average molecular weight is 589 g/mol. The lowest BCUT2D eigenvalue weighted by atomic mass is 9.98. The van der Waals surface area contributed by atoms with Gasteiger partial charge in [0.25, 0.3) is 0 Å². The van der Waals surface area contributed by atoms with E-state index >= 15 is 0 Å². The van der Waals surface area contributed by atoms with Crippen LogP contribution in [0.4, 0.5) is 4.79 Å². The summed E-state index contributed by atoms with van der Waals surface area (Å²) in [5, 5.41) is 12.4. The summed E-state index contributed by atoms with van der Waals surface area (Å²) >= 11 is 0. The highest BCUT2D eigenvalue weighted by Gasteiger charge is 2.31. The number of alkyl carbamates (subject to hydrolysis) is 1. The summed E-state index contributed by atoms with van der Waals surface area (Å²) in [5.41, 5.74) is 5.21. The van der Waals surface area contributed by atoms with E-state index in [0.717, 1.165) is 11.1 Å². The average Bonchev–Trinajstić information content (AvgIpc) is 3.36. The Bertz CT molecular complexity index is 1350. The van der Waals surface area contributed by atoms with Crippen molar-refractivity contribution in [3.8, 4) is 22.6 Å². The van der Waals surface area contributed by atoms with Crippen LogP contribution in [-0.2, 0) is 30.3 Å². The second kappa shape index (κ2) is 14.9. The van der Waals surface area contributed by atoms with Crippen LogP contribution >= 0.6 is 0 Å². The fraction of sp³-hybridized carbons (Fsp3) is 0.303. The first-order chi connectivity index (χ1) is 21.1. The second-order valence-electron chi connectivity index (χ2n) is 9.78. The summed E-state index contributed by atoms with van der Waals surface area (Å²) in [6.45, 7) is 1.12. The molecule has 3 aromatic rings. The SMILES string of the molecule is COC(=O)[C@@H]1[CH][CH][CH][C@H](Oc2cc(OCCOCCNC(=O)OCC3c4ccccc4-c4ccccc43)ccc2CO)O1.